The topological polar surface area (TPSA) is 70.7 Å². The van der Waals surface area contributed by atoms with Gasteiger partial charge in [0.25, 0.3) is 0 Å². The molecule has 4 aromatic carbocycles. The average molecular weight is 779 g/mol. The fourth-order valence-electron chi connectivity index (χ4n) is 7.08. The summed E-state index contributed by atoms with van der Waals surface area (Å²) in [6.07, 6.45) is 9.07. The summed E-state index contributed by atoms with van der Waals surface area (Å²) in [5.74, 6) is 1.95. The minimum absolute atomic E-state index is 0. The number of fused-ring (bicyclic) bond motifs is 3. The Hall–Kier alpha value is -6.20. The number of aryl methyl sites for hydroxylation is 3. The average Bonchev–Trinajstić information content (AvgIpc) is 3.72. The van der Waals surface area contributed by atoms with E-state index in [1.807, 2.05) is 83.9 Å². The molecule has 0 radical (unpaired) electrons. The van der Waals surface area contributed by atoms with Crippen molar-refractivity contribution < 1.29 is 25.2 Å². The van der Waals surface area contributed by atoms with Crippen LogP contribution in [0.3, 0.4) is 0 Å². The third-order valence-corrected chi connectivity index (χ3v) is 9.41. The molecule has 0 amide bonds. The fraction of sp³-hybridized carbons (Fsp3) is 0.0667. The molecule has 8 heteroatoms. The van der Waals surface area contributed by atoms with E-state index in [0.29, 0.717) is 11.5 Å². The number of ether oxygens (including phenoxy) is 1. The molecule has 9 aromatic rings. The largest absolute Gasteiger partial charge is 2.00 e. The molecule has 258 valence electrons. The van der Waals surface area contributed by atoms with Crippen LogP contribution in [-0.4, -0.2) is 29.3 Å². The number of nitrogens with zero attached hydrogens (tertiary/aromatic N) is 6. The third-order valence-electron chi connectivity index (χ3n) is 9.41. The molecule has 0 saturated heterocycles. The number of pyridine rings is 3. The van der Waals surface area contributed by atoms with Gasteiger partial charge in [-0.05, 0) is 96.6 Å². The Bertz CT molecular complexity index is 2740. The van der Waals surface area contributed by atoms with Gasteiger partial charge in [-0.1, -0.05) is 41.9 Å². The Morgan fingerprint density at radius 3 is 2.06 bits per heavy atom. The molecule has 0 spiro atoms. The number of aromatic nitrogens is 6. The van der Waals surface area contributed by atoms with Crippen molar-refractivity contribution in [3.05, 3.63) is 169 Å². The standard InChI is InChI=1S/C45H32N6O.Pd/c1-29-16-25-48-41(26-29)50-39-13-5-4-12-37(39)38-15-14-36(28-40(38)50)52-35-11-7-10-34(27-35)51-45(33-19-23-47-24-20-33)43(42-30(2)8-6-9-31(42)3)44(49-51)32-17-21-46-22-18-32;/h4-26H,1-3H3;/q-2;+2. The van der Waals surface area contributed by atoms with Crippen molar-refractivity contribution >= 4 is 21.8 Å². The molecule has 5 aromatic heterocycles. The second-order valence-electron chi connectivity index (χ2n) is 12.9. The first-order valence-corrected chi connectivity index (χ1v) is 17.1. The Balaban J connectivity index is 0.00000400. The zero-order chi connectivity index (χ0) is 35.2. The third kappa shape index (κ3) is 6.12. The molecule has 5 heterocycles. The van der Waals surface area contributed by atoms with E-state index in [1.54, 1.807) is 12.4 Å². The van der Waals surface area contributed by atoms with Gasteiger partial charge in [-0.3, -0.25) is 14.6 Å². The molecule has 0 aliphatic carbocycles. The molecule has 0 saturated carbocycles. The second kappa shape index (κ2) is 14.1. The Morgan fingerprint density at radius 1 is 0.604 bits per heavy atom. The van der Waals surface area contributed by atoms with Gasteiger partial charge < -0.3 is 9.30 Å². The van der Waals surface area contributed by atoms with Crippen molar-refractivity contribution in [1.29, 1.82) is 0 Å². The van der Waals surface area contributed by atoms with E-state index >= 15 is 0 Å². The maximum absolute atomic E-state index is 6.55. The van der Waals surface area contributed by atoms with Gasteiger partial charge in [-0.25, -0.2) is 4.98 Å². The molecule has 0 atom stereocenters. The van der Waals surface area contributed by atoms with E-state index in [1.165, 1.54) is 0 Å². The first-order valence-electron chi connectivity index (χ1n) is 17.1. The van der Waals surface area contributed by atoms with E-state index in [2.05, 4.69) is 96.0 Å². The molecular weight excluding hydrogens is 747 g/mol. The smallest absolute Gasteiger partial charge is 0.509 e. The van der Waals surface area contributed by atoms with Crippen LogP contribution in [0.5, 0.6) is 11.5 Å². The number of benzene rings is 4. The van der Waals surface area contributed by atoms with E-state index in [-0.39, 0.29) is 20.4 Å². The Kier molecular flexibility index (Phi) is 9.01. The van der Waals surface area contributed by atoms with Crippen molar-refractivity contribution in [3.8, 4) is 56.6 Å². The second-order valence-corrected chi connectivity index (χ2v) is 12.9. The monoisotopic (exact) mass is 778 g/mol. The van der Waals surface area contributed by atoms with Crippen molar-refractivity contribution in [2.24, 2.45) is 0 Å². The quantitative estimate of drug-likeness (QED) is 0.119. The molecule has 0 fully saturated rings. The molecule has 0 aliphatic rings. The van der Waals surface area contributed by atoms with Crippen LogP contribution in [-0.2, 0) is 20.4 Å². The van der Waals surface area contributed by atoms with Crippen LogP contribution in [0.1, 0.15) is 16.7 Å². The van der Waals surface area contributed by atoms with E-state index in [4.69, 9.17) is 14.8 Å². The van der Waals surface area contributed by atoms with Gasteiger partial charge in [0.1, 0.15) is 11.5 Å². The SMILES string of the molecule is Cc1ccnc(-n2c3[c-]c(Oc4[c-]c(-n5nc(-c6ccncc6)c(-c6c(C)cccc6C)c5-c5ccncc5)ccc4)ccc3c3ccccc32)c1.[Pd+2]. The van der Waals surface area contributed by atoms with Crippen LogP contribution < -0.4 is 4.74 Å². The summed E-state index contributed by atoms with van der Waals surface area (Å²) in [5.41, 5.74) is 12.0. The molecule has 7 nitrogen and oxygen atoms in total. The summed E-state index contributed by atoms with van der Waals surface area (Å²) in [6.45, 7) is 6.37. The normalized spacial score (nSPS) is 11.2. The van der Waals surface area contributed by atoms with Crippen LogP contribution in [0.2, 0.25) is 0 Å². The molecule has 0 aliphatic heterocycles. The zero-order valence-electron chi connectivity index (χ0n) is 29.2. The van der Waals surface area contributed by atoms with Crippen LogP contribution in [0.25, 0.3) is 67.0 Å². The summed E-state index contributed by atoms with van der Waals surface area (Å²) in [5, 5.41) is 7.52. The van der Waals surface area contributed by atoms with Gasteiger partial charge >= 0.3 is 20.4 Å². The number of hydrogen-bond donors (Lipinski definition) is 0. The van der Waals surface area contributed by atoms with Crippen molar-refractivity contribution in [3.63, 3.8) is 0 Å². The molecular formula is C45H32N6OPd. The van der Waals surface area contributed by atoms with Crippen LogP contribution in [0.15, 0.2) is 140 Å². The summed E-state index contributed by atoms with van der Waals surface area (Å²) in [7, 11) is 0. The van der Waals surface area contributed by atoms with E-state index in [0.717, 1.165) is 83.6 Å². The summed E-state index contributed by atoms with van der Waals surface area (Å²) in [6, 6.07) is 43.9. The van der Waals surface area contributed by atoms with Gasteiger partial charge in [0.05, 0.1) is 5.69 Å². The number of hydrogen-bond acceptors (Lipinski definition) is 5. The molecule has 0 N–H and O–H groups in total. The Morgan fingerprint density at radius 2 is 1.30 bits per heavy atom. The summed E-state index contributed by atoms with van der Waals surface area (Å²) >= 11 is 0. The maximum atomic E-state index is 6.55. The van der Waals surface area contributed by atoms with E-state index < -0.39 is 0 Å². The first kappa shape index (κ1) is 33.9. The van der Waals surface area contributed by atoms with Crippen LogP contribution >= 0.6 is 0 Å². The molecule has 0 bridgehead atoms. The molecule has 0 unspecified atom stereocenters. The van der Waals surface area contributed by atoms with Crippen molar-refractivity contribution in [2.75, 3.05) is 0 Å². The summed E-state index contributed by atoms with van der Waals surface area (Å²) in [4.78, 5) is 13.3. The van der Waals surface area contributed by atoms with Gasteiger partial charge in [0.15, 0.2) is 0 Å². The fourth-order valence-corrected chi connectivity index (χ4v) is 7.08. The zero-order valence-corrected chi connectivity index (χ0v) is 30.7. The maximum Gasteiger partial charge on any atom is 2.00 e. The Labute approximate surface area is 321 Å². The van der Waals surface area contributed by atoms with Crippen LogP contribution in [0, 0.1) is 32.9 Å². The number of rotatable bonds is 7. The van der Waals surface area contributed by atoms with Gasteiger partial charge in [0.2, 0.25) is 0 Å². The molecule has 53 heavy (non-hydrogen) atoms. The first-order chi connectivity index (χ1) is 25.5. The van der Waals surface area contributed by atoms with Crippen molar-refractivity contribution in [1.82, 2.24) is 29.3 Å². The van der Waals surface area contributed by atoms with Crippen molar-refractivity contribution in [2.45, 2.75) is 20.8 Å². The number of para-hydroxylation sites is 1. The minimum Gasteiger partial charge on any atom is -0.509 e. The van der Waals surface area contributed by atoms with Gasteiger partial charge in [-0.15, -0.1) is 35.7 Å². The predicted octanol–water partition coefficient (Wildman–Crippen LogP) is 10.5. The predicted molar refractivity (Wildman–Crippen MR) is 206 cm³/mol. The molecule has 9 rings (SSSR count). The van der Waals surface area contributed by atoms with E-state index in [9.17, 15) is 0 Å². The van der Waals surface area contributed by atoms with Crippen LogP contribution in [0.4, 0.5) is 0 Å². The minimum atomic E-state index is 0. The van der Waals surface area contributed by atoms with Gasteiger partial charge in [-0.2, -0.15) is 17.2 Å². The summed E-state index contributed by atoms with van der Waals surface area (Å²) < 4.78 is 10.7. The van der Waals surface area contributed by atoms with Gasteiger partial charge in [0, 0.05) is 64.7 Å².